The van der Waals surface area contributed by atoms with E-state index in [1.54, 1.807) is 6.92 Å². The molecule has 130 valence electrons. The molecular weight excluding hydrogens is 302 g/mol. The summed E-state index contributed by atoms with van der Waals surface area (Å²) in [5.74, 6) is -0.815. The van der Waals surface area contributed by atoms with Gasteiger partial charge in [0, 0.05) is 12.2 Å². The highest BCUT2D eigenvalue weighted by Gasteiger charge is 2.15. The van der Waals surface area contributed by atoms with Gasteiger partial charge in [-0.15, -0.1) is 0 Å². The number of carbonyl (C=O) groups excluding carboxylic acids is 3. The number of esters is 2. The molecule has 1 fully saturated rings. The molecule has 0 aromatic carbocycles. The normalized spacial score (nSPS) is 15.2. The summed E-state index contributed by atoms with van der Waals surface area (Å²) < 4.78 is 14.6. The van der Waals surface area contributed by atoms with Gasteiger partial charge in [0.05, 0.1) is 19.8 Å². The summed E-state index contributed by atoms with van der Waals surface area (Å²) in [6, 6.07) is 0. The minimum Gasteiger partial charge on any atom is -0.463 e. The molecule has 0 aliphatic heterocycles. The molecule has 0 bridgehead atoms. The molecule has 7 nitrogen and oxygen atoms in total. The Hall–Kier alpha value is -2.05. The van der Waals surface area contributed by atoms with Crippen molar-refractivity contribution in [3.05, 3.63) is 12.2 Å². The topological polar surface area (TPSA) is 90.9 Å². The maximum atomic E-state index is 11.5. The van der Waals surface area contributed by atoms with Crippen LogP contribution < -0.4 is 5.32 Å². The minimum absolute atomic E-state index is 0.00449. The van der Waals surface area contributed by atoms with Crippen LogP contribution in [0.2, 0.25) is 0 Å². The van der Waals surface area contributed by atoms with Gasteiger partial charge in [-0.05, 0) is 25.7 Å². The number of hydrogen-bond acceptors (Lipinski definition) is 6. The second-order valence-electron chi connectivity index (χ2n) is 5.28. The summed E-state index contributed by atoms with van der Waals surface area (Å²) in [5, 5.41) is 2.51. The van der Waals surface area contributed by atoms with Gasteiger partial charge in [-0.25, -0.2) is 14.4 Å². The van der Waals surface area contributed by atoms with Crippen LogP contribution in [0.3, 0.4) is 0 Å². The molecule has 0 aromatic rings. The molecule has 7 heteroatoms. The highest BCUT2D eigenvalue weighted by atomic mass is 16.6. The molecule has 0 heterocycles. The fourth-order valence-corrected chi connectivity index (χ4v) is 2.28. The Balaban J connectivity index is 2.03. The fraction of sp³-hybridized carbons (Fsp3) is 0.688. The predicted octanol–water partition coefficient (Wildman–Crippen LogP) is 1.96. The molecule has 1 saturated carbocycles. The van der Waals surface area contributed by atoms with Crippen molar-refractivity contribution in [3.63, 3.8) is 0 Å². The maximum Gasteiger partial charge on any atom is 0.407 e. The lowest BCUT2D eigenvalue weighted by atomic mass is 9.90. The van der Waals surface area contributed by atoms with Gasteiger partial charge in [-0.3, -0.25) is 0 Å². The van der Waals surface area contributed by atoms with E-state index in [1.165, 1.54) is 19.3 Å². The average molecular weight is 327 g/mol. The van der Waals surface area contributed by atoms with Crippen LogP contribution in [-0.4, -0.2) is 44.4 Å². The molecule has 1 rings (SSSR count). The maximum absolute atomic E-state index is 11.5. The van der Waals surface area contributed by atoms with E-state index in [9.17, 15) is 14.4 Å². The van der Waals surface area contributed by atoms with Crippen LogP contribution in [0.4, 0.5) is 4.79 Å². The van der Waals surface area contributed by atoms with Crippen LogP contribution in [0, 0.1) is 5.92 Å². The molecule has 1 N–H and O–H groups in total. The van der Waals surface area contributed by atoms with Crippen LogP contribution in [0.1, 0.15) is 39.0 Å². The zero-order valence-electron chi connectivity index (χ0n) is 13.5. The van der Waals surface area contributed by atoms with E-state index in [-0.39, 0.29) is 19.8 Å². The van der Waals surface area contributed by atoms with E-state index in [1.807, 2.05) is 0 Å². The zero-order chi connectivity index (χ0) is 16.9. The molecule has 0 radical (unpaired) electrons. The monoisotopic (exact) mass is 327 g/mol. The van der Waals surface area contributed by atoms with Crippen LogP contribution in [0.25, 0.3) is 0 Å². The lowest BCUT2D eigenvalue weighted by molar-refractivity contribution is -0.140. The zero-order valence-corrected chi connectivity index (χ0v) is 13.5. The van der Waals surface area contributed by atoms with Gasteiger partial charge >= 0.3 is 18.0 Å². The second-order valence-corrected chi connectivity index (χ2v) is 5.28. The first-order valence-corrected chi connectivity index (χ1v) is 8.04. The number of nitrogens with one attached hydrogen (secondary N) is 1. The Kier molecular flexibility index (Phi) is 9.51. The van der Waals surface area contributed by atoms with Crippen molar-refractivity contribution < 1.29 is 28.6 Å². The number of ether oxygens (including phenoxy) is 3. The predicted molar refractivity (Wildman–Crippen MR) is 82.7 cm³/mol. The van der Waals surface area contributed by atoms with Crippen molar-refractivity contribution in [2.24, 2.45) is 5.92 Å². The third-order valence-corrected chi connectivity index (χ3v) is 3.43. The summed E-state index contributed by atoms with van der Waals surface area (Å²) in [4.78, 5) is 33.7. The molecule has 0 aromatic heterocycles. The van der Waals surface area contributed by atoms with Gasteiger partial charge in [-0.1, -0.05) is 19.3 Å². The van der Waals surface area contributed by atoms with Crippen molar-refractivity contribution in [2.75, 3.05) is 26.4 Å². The standard InChI is InChI=1S/C16H25NO6/c1-2-21-14(18)8-9-15(19)22-11-10-17-16(20)23-12-13-6-4-3-5-7-13/h8-9,13H,2-7,10-12H2,1H3,(H,17,20)/b9-8+. The lowest BCUT2D eigenvalue weighted by Crippen LogP contribution is -2.30. The smallest absolute Gasteiger partial charge is 0.407 e. The van der Waals surface area contributed by atoms with Crippen molar-refractivity contribution in [1.29, 1.82) is 0 Å². The molecule has 0 saturated heterocycles. The fourth-order valence-electron chi connectivity index (χ4n) is 2.28. The first kappa shape index (κ1) is 19.0. The molecule has 1 aliphatic carbocycles. The quantitative estimate of drug-likeness (QED) is 0.317. The first-order chi connectivity index (χ1) is 11.1. The SMILES string of the molecule is CCOC(=O)/C=C/C(=O)OCCNC(=O)OCC1CCCCC1. The molecule has 0 spiro atoms. The van der Waals surface area contributed by atoms with Gasteiger partial charge in [0.1, 0.15) is 6.61 Å². The summed E-state index contributed by atoms with van der Waals surface area (Å²) in [6.07, 6.45) is 7.36. The lowest BCUT2D eigenvalue weighted by Gasteiger charge is -2.21. The number of rotatable bonds is 8. The third kappa shape index (κ3) is 9.55. The average Bonchev–Trinajstić information content (AvgIpc) is 2.56. The van der Waals surface area contributed by atoms with Crippen LogP contribution in [-0.2, 0) is 23.8 Å². The molecular formula is C16H25NO6. The summed E-state index contributed by atoms with van der Waals surface area (Å²) in [5.41, 5.74) is 0. The Morgan fingerprint density at radius 3 is 2.30 bits per heavy atom. The van der Waals surface area contributed by atoms with Crippen molar-refractivity contribution in [3.8, 4) is 0 Å². The van der Waals surface area contributed by atoms with Crippen molar-refractivity contribution in [1.82, 2.24) is 5.32 Å². The molecule has 23 heavy (non-hydrogen) atoms. The number of alkyl carbamates (subject to hydrolysis) is 1. The summed E-state index contributed by atoms with van der Waals surface area (Å²) in [7, 11) is 0. The van der Waals surface area contributed by atoms with Crippen molar-refractivity contribution in [2.45, 2.75) is 39.0 Å². The van der Waals surface area contributed by atoms with E-state index in [2.05, 4.69) is 10.1 Å². The summed E-state index contributed by atoms with van der Waals surface area (Å²) >= 11 is 0. The second kappa shape index (κ2) is 11.5. The molecule has 0 atom stereocenters. The van der Waals surface area contributed by atoms with E-state index >= 15 is 0 Å². The Morgan fingerprint density at radius 1 is 1.00 bits per heavy atom. The minimum atomic E-state index is -0.671. The molecule has 0 unspecified atom stereocenters. The Morgan fingerprint density at radius 2 is 1.65 bits per heavy atom. The van der Waals surface area contributed by atoms with E-state index in [0.717, 1.165) is 25.0 Å². The van der Waals surface area contributed by atoms with Gasteiger partial charge in [0.2, 0.25) is 0 Å². The van der Waals surface area contributed by atoms with Crippen LogP contribution in [0.5, 0.6) is 0 Å². The van der Waals surface area contributed by atoms with Gasteiger partial charge < -0.3 is 19.5 Å². The highest BCUT2D eigenvalue weighted by molar-refractivity contribution is 5.91. The Bertz CT molecular complexity index is 415. The largest absolute Gasteiger partial charge is 0.463 e. The van der Waals surface area contributed by atoms with Gasteiger partial charge in [0.15, 0.2) is 0 Å². The van der Waals surface area contributed by atoms with Crippen molar-refractivity contribution >= 4 is 18.0 Å². The van der Waals surface area contributed by atoms with Gasteiger partial charge in [0.25, 0.3) is 0 Å². The summed E-state index contributed by atoms with van der Waals surface area (Å²) in [6.45, 7) is 2.51. The Labute approximate surface area is 136 Å². The van der Waals surface area contributed by atoms with E-state index in [0.29, 0.717) is 12.5 Å². The highest BCUT2D eigenvalue weighted by Crippen LogP contribution is 2.23. The molecule has 1 amide bonds. The number of amides is 1. The molecule has 1 aliphatic rings. The van der Waals surface area contributed by atoms with Crippen LogP contribution >= 0.6 is 0 Å². The van der Waals surface area contributed by atoms with Crippen LogP contribution in [0.15, 0.2) is 12.2 Å². The van der Waals surface area contributed by atoms with Gasteiger partial charge in [-0.2, -0.15) is 0 Å². The van der Waals surface area contributed by atoms with E-state index in [4.69, 9.17) is 9.47 Å². The van der Waals surface area contributed by atoms with E-state index < -0.39 is 18.0 Å². The first-order valence-electron chi connectivity index (χ1n) is 8.04. The number of carbonyl (C=O) groups is 3. The number of hydrogen-bond donors (Lipinski definition) is 1. The third-order valence-electron chi connectivity index (χ3n) is 3.43.